The molecule has 0 saturated heterocycles. The predicted octanol–water partition coefficient (Wildman–Crippen LogP) is 0.946. The normalized spacial score (nSPS) is 11.1. The van der Waals surface area contributed by atoms with Crippen LogP contribution in [0.4, 0.5) is 0 Å². The van der Waals surface area contributed by atoms with E-state index >= 15 is 0 Å². The van der Waals surface area contributed by atoms with Crippen LogP contribution < -0.4 is 10.4 Å². The molecule has 0 aliphatic rings. The molecule has 0 atom stereocenters. The van der Waals surface area contributed by atoms with Crippen molar-refractivity contribution >= 4 is 16.0 Å². The number of hydrogen-bond acceptors (Lipinski definition) is 5. The number of aromatic nitrogens is 1. The zero-order chi connectivity index (χ0) is 17.7. The second kappa shape index (κ2) is 7.31. The Labute approximate surface area is 139 Å². The Morgan fingerprint density at radius 1 is 1.21 bits per heavy atom. The van der Waals surface area contributed by atoms with Gasteiger partial charge >= 0.3 is 5.97 Å². The lowest BCUT2D eigenvalue weighted by atomic mass is 10.1. The quantitative estimate of drug-likeness (QED) is 0.783. The fourth-order valence-corrected chi connectivity index (χ4v) is 3.29. The number of sulfonamides is 1. The van der Waals surface area contributed by atoms with Crippen molar-refractivity contribution in [2.45, 2.75) is 19.1 Å². The van der Waals surface area contributed by atoms with Crippen LogP contribution in [0.15, 0.2) is 47.4 Å². The molecule has 0 bridgehead atoms. The van der Waals surface area contributed by atoms with E-state index in [1.807, 2.05) is 0 Å². The van der Waals surface area contributed by atoms with Crippen LogP contribution in [-0.2, 0) is 31.7 Å². The lowest BCUT2D eigenvalue weighted by Crippen LogP contribution is -2.36. The number of benzene rings is 1. The third-order valence-corrected chi connectivity index (χ3v) is 4.60. The molecule has 8 heteroatoms. The molecule has 24 heavy (non-hydrogen) atoms. The summed E-state index contributed by atoms with van der Waals surface area (Å²) in [5.41, 5.74) is 0.771. The molecule has 0 spiro atoms. The fourth-order valence-electron chi connectivity index (χ4n) is 2.15. The highest BCUT2D eigenvalue weighted by Gasteiger charge is 2.16. The number of rotatable bonds is 6. The van der Waals surface area contributed by atoms with Gasteiger partial charge in [0, 0.05) is 11.8 Å². The van der Waals surface area contributed by atoms with Gasteiger partial charge in [-0.2, -0.15) is 0 Å². The van der Waals surface area contributed by atoms with Crippen molar-refractivity contribution in [1.29, 1.82) is 0 Å². The second-order valence-electron chi connectivity index (χ2n) is 5.24. The highest BCUT2D eigenvalue weighted by Crippen LogP contribution is 2.06. The summed E-state index contributed by atoms with van der Waals surface area (Å²) >= 11 is 0. The van der Waals surface area contributed by atoms with Gasteiger partial charge in [-0.3, -0.25) is 9.59 Å². The van der Waals surface area contributed by atoms with E-state index in [4.69, 9.17) is 0 Å². The Morgan fingerprint density at radius 2 is 1.88 bits per heavy atom. The maximum atomic E-state index is 12.4. The van der Waals surface area contributed by atoms with Crippen molar-refractivity contribution in [1.82, 2.24) is 4.68 Å². The molecule has 0 radical (unpaired) electrons. The number of ether oxygens (including phenoxy) is 1. The van der Waals surface area contributed by atoms with E-state index < -0.39 is 21.6 Å². The number of carbonyl (C=O) groups excluding carboxylic acids is 1. The van der Waals surface area contributed by atoms with Crippen LogP contribution in [0.5, 0.6) is 0 Å². The molecule has 1 heterocycles. The average molecular weight is 350 g/mol. The van der Waals surface area contributed by atoms with Gasteiger partial charge in [0.15, 0.2) is 0 Å². The van der Waals surface area contributed by atoms with Gasteiger partial charge in [-0.25, -0.2) is 17.9 Å². The van der Waals surface area contributed by atoms with Crippen LogP contribution >= 0.6 is 0 Å². The Hall–Kier alpha value is -2.61. The van der Waals surface area contributed by atoms with Crippen LogP contribution in [0.25, 0.3) is 0 Å². The lowest BCUT2D eigenvalue weighted by Gasteiger charge is -2.13. The van der Waals surface area contributed by atoms with Gasteiger partial charge < -0.3 is 4.74 Å². The van der Waals surface area contributed by atoms with Gasteiger partial charge in [-0.05, 0) is 24.1 Å². The molecule has 2 aromatic rings. The van der Waals surface area contributed by atoms with Crippen LogP contribution in [0.3, 0.4) is 0 Å². The molecule has 1 aromatic carbocycles. The first kappa shape index (κ1) is 17.7. The highest BCUT2D eigenvalue weighted by molar-refractivity contribution is 7.91. The molecule has 1 N–H and O–H groups in total. The molecule has 0 unspecified atom stereocenters. The number of esters is 1. The van der Waals surface area contributed by atoms with E-state index in [0.717, 1.165) is 4.68 Å². The molecule has 1 aromatic heterocycles. The standard InChI is InChI=1S/C16H18N2O5S/c1-12-8-9-18(16(20)14(12)10-15(19)23-2)17-24(21,22)11-13-6-4-3-5-7-13/h3-9,17H,10-11H2,1-2H3. The van der Waals surface area contributed by atoms with Gasteiger partial charge in [-0.1, -0.05) is 30.3 Å². The summed E-state index contributed by atoms with van der Waals surface area (Å²) in [6.07, 6.45) is 1.10. The summed E-state index contributed by atoms with van der Waals surface area (Å²) in [4.78, 5) is 26.0. The summed E-state index contributed by atoms with van der Waals surface area (Å²) in [7, 11) is -2.55. The van der Waals surface area contributed by atoms with Crippen molar-refractivity contribution < 1.29 is 17.9 Å². The van der Waals surface area contributed by atoms with Crippen molar-refractivity contribution in [3.63, 3.8) is 0 Å². The number of nitrogens with one attached hydrogen (secondary N) is 1. The number of methoxy groups -OCH3 is 1. The molecule has 0 aliphatic carbocycles. The zero-order valence-electron chi connectivity index (χ0n) is 13.4. The van der Waals surface area contributed by atoms with Crippen molar-refractivity contribution in [3.8, 4) is 0 Å². The van der Waals surface area contributed by atoms with Crippen LogP contribution in [0, 0.1) is 6.92 Å². The topological polar surface area (TPSA) is 94.5 Å². The van der Waals surface area contributed by atoms with Gasteiger partial charge in [0.25, 0.3) is 5.56 Å². The molecule has 0 aliphatic heterocycles. The number of nitrogens with zero attached hydrogens (tertiary/aromatic N) is 1. The molecular weight excluding hydrogens is 332 g/mol. The van der Waals surface area contributed by atoms with Gasteiger partial charge in [0.1, 0.15) is 0 Å². The maximum absolute atomic E-state index is 12.4. The van der Waals surface area contributed by atoms with Gasteiger partial charge in [0.05, 0.1) is 19.3 Å². The summed E-state index contributed by atoms with van der Waals surface area (Å²) in [6, 6.07) is 10.2. The first-order valence-corrected chi connectivity index (χ1v) is 8.80. The zero-order valence-corrected chi connectivity index (χ0v) is 14.2. The number of carbonyl (C=O) groups is 1. The van der Waals surface area contributed by atoms with Gasteiger partial charge in [0.2, 0.25) is 10.0 Å². The molecule has 128 valence electrons. The first-order chi connectivity index (χ1) is 11.3. The van der Waals surface area contributed by atoms with E-state index in [0.29, 0.717) is 11.1 Å². The maximum Gasteiger partial charge on any atom is 0.310 e. The summed E-state index contributed by atoms with van der Waals surface area (Å²) in [6.45, 7) is 1.67. The molecule has 2 rings (SSSR count). The number of hydrogen-bond donors (Lipinski definition) is 1. The lowest BCUT2D eigenvalue weighted by molar-refractivity contribution is -0.139. The SMILES string of the molecule is COC(=O)Cc1c(C)ccn(NS(=O)(=O)Cc2ccccc2)c1=O. The molecule has 0 fully saturated rings. The Balaban J connectivity index is 2.28. The number of pyridine rings is 1. The Morgan fingerprint density at radius 3 is 2.50 bits per heavy atom. The fraction of sp³-hybridized carbons (Fsp3) is 0.250. The van der Waals surface area contributed by atoms with E-state index in [-0.39, 0.29) is 17.7 Å². The minimum atomic E-state index is -3.78. The predicted molar refractivity (Wildman–Crippen MR) is 89.6 cm³/mol. The third kappa shape index (κ3) is 4.45. The van der Waals surface area contributed by atoms with E-state index in [1.165, 1.54) is 13.3 Å². The summed E-state index contributed by atoms with van der Waals surface area (Å²) in [5, 5.41) is 0. The summed E-state index contributed by atoms with van der Waals surface area (Å²) in [5.74, 6) is -0.833. The van der Waals surface area contributed by atoms with Crippen molar-refractivity contribution in [2.24, 2.45) is 0 Å². The monoisotopic (exact) mass is 350 g/mol. The first-order valence-electron chi connectivity index (χ1n) is 7.15. The Kier molecular flexibility index (Phi) is 5.40. The minimum Gasteiger partial charge on any atom is -0.469 e. The second-order valence-corrected chi connectivity index (χ2v) is 6.94. The smallest absolute Gasteiger partial charge is 0.310 e. The highest BCUT2D eigenvalue weighted by atomic mass is 32.2. The Bertz CT molecular complexity index is 888. The molecule has 7 nitrogen and oxygen atoms in total. The number of aryl methyl sites for hydroxylation is 1. The van der Waals surface area contributed by atoms with Crippen LogP contribution in [0.2, 0.25) is 0 Å². The van der Waals surface area contributed by atoms with Crippen molar-refractivity contribution in [3.05, 3.63) is 69.6 Å². The summed E-state index contributed by atoms with van der Waals surface area (Å²) < 4.78 is 29.9. The molecule has 0 saturated carbocycles. The van der Waals surface area contributed by atoms with Crippen LogP contribution in [0.1, 0.15) is 16.7 Å². The average Bonchev–Trinajstić information content (AvgIpc) is 2.54. The minimum absolute atomic E-state index is 0.187. The molecular formula is C16H18N2O5S. The van der Waals surface area contributed by atoms with Crippen LogP contribution in [-0.4, -0.2) is 26.2 Å². The largest absolute Gasteiger partial charge is 0.469 e. The van der Waals surface area contributed by atoms with E-state index in [9.17, 15) is 18.0 Å². The van der Waals surface area contributed by atoms with E-state index in [1.54, 1.807) is 43.3 Å². The van der Waals surface area contributed by atoms with Gasteiger partial charge in [-0.15, -0.1) is 0 Å². The molecule has 0 amide bonds. The third-order valence-electron chi connectivity index (χ3n) is 3.41. The van der Waals surface area contributed by atoms with Crippen molar-refractivity contribution in [2.75, 3.05) is 11.9 Å². The van der Waals surface area contributed by atoms with E-state index in [2.05, 4.69) is 9.57 Å².